The molecule has 9 heteroatoms. The van der Waals surface area contributed by atoms with Crippen LogP contribution in [0.15, 0.2) is 66.4 Å². The van der Waals surface area contributed by atoms with E-state index in [1.807, 2.05) is 48.5 Å². The van der Waals surface area contributed by atoms with Crippen LogP contribution in [0.3, 0.4) is 0 Å². The molecule has 1 atom stereocenters. The minimum atomic E-state index is -1.12. The predicted octanol–water partition coefficient (Wildman–Crippen LogP) is 5.48. The van der Waals surface area contributed by atoms with E-state index in [1.54, 1.807) is 18.2 Å². The Morgan fingerprint density at radius 2 is 1.88 bits per heavy atom. The molecule has 0 bridgehead atoms. The Kier molecular flexibility index (Phi) is 6.62. The molecule has 3 aromatic rings. The molecule has 0 spiro atoms. The highest BCUT2D eigenvalue weighted by Gasteiger charge is 2.39. The van der Waals surface area contributed by atoms with Crippen molar-refractivity contribution in [3.05, 3.63) is 86.8 Å². The fourth-order valence-corrected chi connectivity index (χ4v) is 4.90. The number of hydrogen-bond donors (Lipinski definition) is 2. The van der Waals surface area contributed by atoms with E-state index in [1.165, 1.54) is 11.3 Å². The van der Waals surface area contributed by atoms with Gasteiger partial charge in [0.15, 0.2) is 5.11 Å². The van der Waals surface area contributed by atoms with Gasteiger partial charge in [0.25, 0.3) is 5.91 Å². The zero-order valence-electron chi connectivity index (χ0n) is 16.4. The fraction of sp³-hybridized carbons (Fsp3) is 0.0870. The molecule has 1 aliphatic rings. The minimum Gasteiger partial charge on any atom is -0.480 e. The van der Waals surface area contributed by atoms with Gasteiger partial charge in [0.05, 0.1) is 10.0 Å². The molecule has 1 fully saturated rings. The summed E-state index contributed by atoms with van der Waals surface area (Å²) < 4.78 is 0. The van der Waals surface area contributed by atoms with E-state index in [2.05, 4.69) is 5.32 Å². The van der Waals surface area contributed by atoms with E-state index in [9.17, 15) is 14.7 Å². The lowest BCUT2D eigenvalue weighted by molar-refractivity contribution is -0.145. The smallest absolute Gasteiger partial charge is 0.327 e. The topological polar surface area (TPSA) is 69.6 Å². The van der Waals surface area contributed by atoms with E-state index in [0.717, 1.165) is 25.8 Å². The highest BCUT2D eigenvalue weighted by Crippen LogP contribution is 2.33. The largest absolute Gasteiger partial charge is 0.480 e. The van der Waals surface area contributed by atoms with Crippen LogP contribution in [0.5, 0.6) is 0 Å². The first-order chi connectivity index (χ1) is 15.3. The molecule has 0 saturated carbocycles. The van der Waals surface area contributed by atoms with E-state index >= 15 is 0 Å². The van der Waals surface area contributed by atoms with Crippen LogP contribution < -0.4 is 5.32 Å². The summed E-state index contributed by atoms with van der Waals surface area (Å²) in [6.45, 7) is 0. The Morgan fingerprint density at radius 1 is 1.12 bits per heavy atom. The number of thiophene rings is 1. The first-order valence-electron chi connectivity index (χ1n) is 9.51. The lowest BCUT2D eigenvalue weighted by atomic mass is 10.0. The highest BCUT2D eigenvalue weighted by molar-refractivity contribution is 7.80. The van der Waals surface area contributed by atoms with Crippen molar-refractivity contribution in [1.82, 2.24) is 10.2 Å². The molecule has 4 rings (SSSR count). The van der Waals surface area contributed by atoms with E-state index in [4.69, 9.17) is 35.4 Å². The zero-order valence-corrected chi connectivity index (χ0v) is 19.6. The number of nitrogens with zero attached hydrogens (tertiary/aromatic N) is 1. The SMILES string of the molecule is O=C(O)C(Cc1ccccc1)N1C(=O)/C(=C\c2ccc(-c3ccc(Cl)c(Cl)c3)s2)NC1=S. The monoisotopic (exact) mass is 502 g/mol. The van der Waals surface area contributed by atoms with Gasteiger partial charge in [-0.1, -0.05) is 59.6 Å². The van der Waals surface area contributed by atoms with Crippen molar-refractivity contribution in [1.29, 1.82) is 0 Å². The maximum atomic E-state index is 13.0. The fourth-order valence-electron chi connectivity index (χ4n) is 3.34. The number of nitrogens with one attached hydrogen (secondary N) is 1. The van der Waals surface area contributed by atoms with Gasteiger partial charge in [0.2, 0.25) is 0 Å². The van der Waals surface area contributed by atoms with Crippen molar-refractivity contribution in [3.63, 3.8) is 0 Å². The molecule has 0 aliphatic carbocycles. The standard InChI is InChI=1S/C23H16Cl2N2O3S2/c24-16-8-6-14(11-17(16)25)20-9-7-15(32-20)12-18-21(28)27(23(31)26-18)19(22(29)30)10-13-4-2-1-3-5-13/h1-9,11-12,19H,10H2,(H,26,31)(H,29,30)/b18-12+. The lowest BCUT2D eigenvalue weighted by Gasteiger charge is -2.22. The van der Waals surface area contributed by atoms with Crippen LogP contribution in [-0.2, 0) is 16.0 Å². The first kappa shape index (κ1) is 22.5. The summed E-state index contributed by atoms with van der Waals surface area (Å²) in [5.74, 6) is -1.59. The number of amides is 1. The summed E-state index contributed by atoms with van der Waals surface area (Å²) in [5.41, 5.74) is 1.94. The first-order valence-corrected chi connectivity index (χ1v) is 11.5. The minimum absolute atomic E-state index is 0.0749. The van der Waals surface area contributed by atoms with Crippen molar-refractivity contribution in [3.8, 4) is 10.4 Å². The second-order valence-electron chi connectivity index (χ2n) is 7.04. The summed E-state index contributed by atoms with van der Waals surface area (Å²) in [6, 6.07) is 17.2. The van der Waals surface area contributed by atoms with Crippen LogP contribution in [-0.4, -0.2) is 33.0 Å². The molecule has 1 amide bonds. The second kappa shape index (κ2) is 9.42. The molecular weight excluding hydrogens is 487 g/mol. The van der Waals surface area contributed by atoms with Gasteiger partial charge in [-0.2, -0.15) is 0 Å². The number of benzene rings is 2. The molecule has 2 aromatic carbocycles. The van der Waals surface area contributed by atoms with Gasteiger partial charge < -0.3 is 10.4 Å². The Balaban J connectivity index is 1.57. The Bertz CT molecular complexity index is 1240. The molecule has 162 valence electrons. The average molecular weight is 503 g/mol. The highest BCUT2D eigenvalue weighted by atomic mass is 35.5. The summed E-state index contributed by atoms with van der Waals surface area (Å²) in [6.07, 6.45) is 1.82. The molecular formula is C23H16Cl2N2O3S2. The molecule has 1 aliphatic heterocycles. The van der Waals surface area contributed by atoms with Gasteiger partial charge >= 0.3 is 5.97 Å². The number of carboxylic acid groups (broad SMARTS) is 1. The third-order valence-corrected chi connectivity index (χ3v) is 7.01. The van der Waals surface area contributed by atoms with Crippen LogP contribution in [0, 0.1) is 0 Å². The number of hydrogen-bond acceptors (Lipinski definition) is 4. The maximum Gasteiger partial charge on any atom is 0.327 e. The molecule has 2 heterocycles. The molecule has 32 heavy (non-hydrogen) atoms. The Labute approximate surface area is 203 Å². The molecule has 1 saturated heterocycles. The number of rotatable bonds is 6. The molecule has 5 nitrogen and oxygen atoms in total. The number of carboxylic acids is 1. The summed E-state index contributed by atoms with van der Waals surface area (Å²) in [5, 5.41) is 13.6. The molecule has 2 N–H and O–H groups in total. The van der Waals surface area contributed by atoms with Crippen molar-refractivity contribution >= 4 is 69.8 Å². The Hall–Kier alpha value is -2.71. The van der Waals surface area contributed by atoms with Gasteiger partial charge in [0.1, 0.15) is 11.7 Å². The third kappa shape index (κ3) is 4.71. The average Bonchev–Trinajstić information content (AvgIpc) is 3.34. The van der Waals surface area contributed by atoms with Crippen molar-refractivity contribution in [2.45, 2.75) is 12.5 Å². The van der Waals surface area contributed by atoms with Crippen LogP contribution in [0.1, 0.15) is 10.4 Å². The third-order valence-electron chi connectivity index (χ3n) is 4.90. The van der Waals surface area contributed by atoms with Crippen LogP contribution in [0.4, 0.5) is 0 Å². The number of carbonyl (C=O) groups excluding carboxylic acids is 1. The lowest BCUT2D eigenvalue weighted by Crippen LogP contribution is -2.46. The zero-order chi connectivity index (χ0) is 22.8. The molecule has 1 unspecified atom stereocenters. The Morgan fingerprint density at radius 3 is 2.56 bits per heavy atom. The summed E-state index contributed by atoms with van der Waals surface area (Å²) >= 11 is 18.9. The number of carbonyl (C=O) groups is 2. The van der Waals surface area contributed by atoms with Crippen molar-refractivity contribution in [2.24, 2.45) is 0 Å². The number of halogens is 2. The summed E-state index contributed by atoms with van der Waals surface area (Å²) in [7, 11) is 0. The molecule has 0 radical (unpaired) electrons. The number of thiocarbonyl (C=S) groups is 1. The van der Waals surface area contributed by atoms with E-state index in [0.29, 0.717) is 10.0 Å². The van der Waals surface area contributed by atoms with Crippen LogP contribution in [0.2, 0.25) is 10.0 Å². The van der Waals surface area contributed by atoms with Crippen LogP contribution in [0.25, 0.3) is 16.5 Å². The maximum absolute atomic E-state index is 13.0. The molecule has 1 aromatic heterocycles. The quantitative estimate of drug-likeness (QED) is 0.345. The van der Waals surface area contributed by atoms with Gasteiger partial charge in [-0.3, -0.25) is 9.69 Å². The normalized spacial score (nSPS) is 15.8. The van der Waals surface area contributed by atoms with E-state index in [-0.39, 0.29) is 17.2 Å². The summed E-state index contributed by atoms with van der Waals surface area (Å²) in [4.78, 5) is 27.9. The van der Waals surface area contributed by atoms with Crippen LogP contribution >= 0.6 is 46.8 Å². The van der Waals surface area contributed by atoms with E-state index < -0.39 is 17.9 Å². The van der Waals surface area contributed by atoms with Crippen molar-refractivity contribution in [2.75, 3.05) is 0 Å². The predicted molar refractivity (Wildman–Crippen MR) is 132 cm³/mol. The number of aliphatic carboxylic acids is 1. The van der Waals surface area contributed by atoms with Gasteiger partial charge in [-0.15, -0.1) is 11.3 Å². The van der Waals surface area contributed by atoms with Gasteiger partial charge in [-0.05, 0) is 53.7 Å². The van der Waals surface area contributed by atoms with Gasteiger partial charge in [-0.25, -0.2) is 4.79 Å². The van der Waals surface area contributed by atoms with Crippen molar-refractivity contribution < 1.29 is 14.7 Å². The second-order valence-corrected chi connectivity index (χ2v) is 9.35. The van der Waals surface area contributed by atoms with Gasteiger partial charge in [0, 0.05) is 16.2 Å².